The topological polar surface area (TPSA) is 76.0 Å². The Kier molecular flexibility index (Phi) is 8.53. The van der Waals surface area contributed by atoms with Crippen LogP contribution in [0, 0.1) is 0 Å². The van der Waals surface area contributed by atoms with Gasteiger partial charge in [0.15, 0.2) is 0 Å². The second-order valence-corrected chi connectivity index (χ2v) is 6.04. The minimum absolute atomic E-state index is 0.0310. The van der Waals surface area contributed by atoms with Crippen molar-refractivity contribution in [3.63, 3.8) is 0 Å². The van der Waals surface area contributed by atoms with Gasteiger partial charge in [-0.15, -0.1) is 0 Å². The summed E-state index contributed by atoms with van der Waals surface area (Å²) < 4.78 is 4.53. The molecule has 25 heavy (non-hydrogen) atoms. The summed E-state index contributed by atoms with van der Waals surface area (Å²) in [5.41, 5.74) is 1.52. The number of esters is 1. The summed E-state index contributed by atoms with van der Waals surface area (Å²) in [5, 5.41) is 0. The average Bonchev–Trinajstić information content (AvgIpc) is 2.60. The van der Waals surface area contributed by atoms with Crippen LogP contribution in [0.15, 0.2) is 29.3 Å². The predicted octanol–water partition coefficient (Wildman–Crippen LogP) is 2.65. The first-order valence-corrected chi connectivity index (χ1v) is 8.32. The van der Waals surface area contributed by atoms with Crippen LogP contribution in [-0.2, 0) is 20.7 Å². The number of unbranched alkanes of at least 4 members (excludes halogenated alkanes) is 2. The van der Waals surface area contributed by atoms with Gasteiger partial charge >= 0.3 is 5.97 Å². The fourth-order valence-corrected chi connectivity index (χ4v) is 2.28. The largest absolute Gasteiger partial charge is 0.465 e. The molecule has 0 spiro atoms. The molecule has 6 nitrogen and oxygen atoms in total. The summed E-state index contributed by atoms with van der Waals surface area (Å²) >= 11 is 0. The molecule has 136 valence electrons. The second-order valence-electron chi connectivity index (χ2n) is 6.04. The van der Waals surface area contributed by atoms with Crippen molar-refractivity contribution >= 4 is 23.5 Å². The number of aliphatic imine (C=N–C) groups is 1. The number of carbonyl (C=O) groups excluding carboxylic acids is 3. The molecule has 1 aromatic rings. The normalized spacial score (nSPS) is 11.1. The molecule has 0 saturated heterocycles. The Labute approximate surface area is 148 Å². The van der Waals surface area contributed by atoms with Gasteiger partial charge in [0.05, 0.1) is 7.11 Å². The Bertz CT molecular complexity index is 651. The van der Waals surface area contributed by atoms with Crippen molar-refractivity contribution in [3.05, 3.63) is 35.4 Å². The van der Waals surface area contributed by atoms with E-state index in [1.54, 1.807) is 37.2 Å². The van der Waals surface area contributed by atoms with Crippen LogP contribution in [0.3, 0.4) is 0 Å². The molecule has 0 saturated carbocycles. The molecule has 0 aromatic heterocycles. The maximum atomic E-state index is 12.1. The number of amides is 2. The van der Waals surface area contributed by atoms with E-state index in [1.165, 1.54) is 14.0 Å². The third-order valence-electron chi connectivity index (χ3n) is 3.78. The van der Waals surface area contributed by atoms with Crippen LogP contribution in [0.2, 0.25) is 0 Å². The lowest BCUT2D eigenvalue weighted by atomic mass is 10.0. The van der Waals surface area contributed by atoms with Crippen molar-refractivity contribution < 1.29 is 19.1 Å². The van der Waals surface area contributed by atoms with Gasteiger partial charge in [-0.25, -0.2) is 9.79 Å². The van der Waals surface area contributed by atoms with E-state index in [2.05, 4.69) is 9.73 Å². The first-order chi connectivity index (χ1) is 11.8. The second kappa shape index (κ2) is 10.4. The number of aryl methyl sites for hydroxylation is 1. The van der Waals surface area contributed by atoms with Crippen LogP contribution in [0.5, 0.6) is 0 Å². The molecule has 0 aliphatic heterocycles. The van der Waals surface area contributed by atoms with Crippen molar-refractivity contribution in [3.8, 4) is 0 Å². The van der Waals surface area contributed by atoms with Crippen LogP contribution >= 0.6 is 0 Å². The third kappa shape index (κ3) is 7.28. The predicted molar refractivity (Wildman–Crippen MR) is 96.8 cm³/mol. The molecule has 1 rings (SSSR count). The lowest BCUT2D eigenvalue weighted by Gasteiger charge is -2.09. The van der Waals surface area contributed by atoms with E-state index in [-0.39, 0.29) is 11.6 Å². The number of nitrogens with zero attached hydrogens (tertiary/aromatic N) is 2. The molecule has 1 aromatic carbocycles. The Morgan fingerprint density at radius 2 is 1.84 bits per heavy atom. The lowest BCUT2D eigenvalue weighted by molar-refractivity contribution is -0.132. The highest BCUT2D eigenvalue weighted by atomic mass is 16.5. The van der Waals surface area contributed by atoms with Gasteiger partial charge in [0, 0.05) is 26.1 Å². The standard InChI is InChI=1S/C19H26N2O4/c1-14(19(24)25-4)20-18(23)16-11-8-10-15(13-16)9-6-5-7-12-17(22)21(2)3/h8,10-11,13H,5-7,9,12H2,1-4H3/b20-14+. The van der Waals surface area contributed by atoms with Gasteiger partial charge in [0.1, 0.15) is 5.71 Å². The van der Waals surface area contributed by atoms with Crippen molar-refractivity contribution in [2.24, 2.45) is 4.99 Å². The summed E-state index contributed by atoms with van der Waals surface area (Å²) in [6.45, 7) is 1.45. The number of carbonyl (C=O) groups is 3. The fourth-order valence-electron chi connectivity index (χ4n) is 2.28. The number of hydrogen-bond donors (Lipinski definition) is 0. The van der Waals surface area contributed by atoms with E-state index in [1.807, 2.05) is 6.07 Å². The maximum Gasteiger partial charge on any atom is 0.352 e. The molecule has 0 atom stereocenters. The minimum Gasteiger partial charge on any atom is -0.465 e. The quantitative estimate of drug-likeness (QED) is 0.412. The van der Waals surface area contributed by atoms with E-state index in [4.69, 9.17) is 0 Å². The van der Waals surface area contributed by atoms with E-state index >= 15 is 0 Å². The summed E-state index contributed by atoms with van der Waals surface area (Å²) in [7, 11) is 4.77. The maximum absolute atomic E-state index is 12.1. The first-order valence-electron chi connectivity index (χ1n) is 8.32. The minimum atomic E-state index is -0.614. The zero-order valence-corrected chi connectivity index (χ0v) is 15.4. The molecule has 0 N–H and O–H groups in total. The molecular formula is C19H26N2O4. The lowest BCUT2D eigenvalue weighted by Crippen LogP contribution is -2.20. The zero-order valence-electron chi connectivity index (χ0n) is 15.4. The summed E-state index contributed by atoms with van der Waals surface area (Å²) in [4.78, 5) is 40.3. The highest BCUT2D eigenvalue weighted by Gasteiger charge is 2.10. The van der Waals surface area contributed by atoms with Gasteiger partial charge in [0.2, 0.25) is 5.91 Å². The van der Waals surface area contributed by atoms with E-state index in [0.29, 0.717) is 12.0 Å². The molecule has 0 heterocycles. The van der Waals surface area contributed by atoms with Crippen LogP contribution in [0.1, 0.15) is 48.5 Å². The Morgan fingerprint density at radius 1 is 1.12 bits per heavy atom. The molecular weight excluding hydrogens is 320 g/mol. The Hall–Kier alpha value is -2.50. The molecule has 6 heteroatoms. The van der Waals surface area contributed by atoms with Gasteiger partial charge in [-0.1, -0.05) is 18.6 Å². The summed E-state index contributed by atoms with van der Waals surface area (Å²) in [6.07, 6.45) is 4.16. The monoisotopic (exact) mass is 346 g/mol. The Morgan fingerprint density at radius 3 is 2.48 bits per heavy atom. The van der Waals surface area contributed by atoms with Crippen molar-refractivity contribution in [2.75, 3.05) is 21.2 Å². The van der Waals surface area contributed by atoms with Crippen LogP contribution in [-0.4, -0.2) is 49.6 Å². The fraction of sp³-hybridized carbons (Fsp3) is 0.474. The molecule has 0 bridgehead atoms. The number of ether oxygens (including phenoxy) is 1. The summed E-state index contributed by atoms with van der Waals surface area (Å²) in [5.74, 6) is -0.926. The van der Waals surface area contributed by atoms with E-state index in [9.17, 15) is 14.4 Å². The number of methoxy groups -OCH3 is 1. The van der Waals surface area contributed by atoms with Gasteiger partial charge in [-0.2, -0.15) is 0 Å². The van der Waals surface area contributed by atoms with Gasteiger partial charge in [0.25, 0.3) is 5.91 Å². The van der Waals surface area contributed by atoms with E-state index in [0.717, 1.165) is 31.2 Å². The van der Waals surface area contributed by atoms with Crippen LogP contribution in [0.25, 0.3) is 0 Å². The van der Waals surface area contributed by atoms with Gasteiger partial charge < -0.3 is 9.64 Å². The highest BCUT2D eigenvalue weighted by molar-refractivity contribution is 6.37. The number of hydrogen-bond acceptors (Lipinski definition) is 4. The van der Waals surface area contributed by atoms with Crippen molar-refractivity contribution in [1.82, 2.24) is 4.90 Å². The van der Waals surface area contributed by atoms with Crippen LogP contribution < -0.4 is 0 Å². The number of benzene rings is 1. The highest BCUT2D eigenvalue weighted by Crippen LogP contribution is 2.12. The zero-order chi connectivity index (χ0) is 18.8. The van der Waals surface area contributed by atoms with E-state index < -0.39 is 11.9 Å². The molecule has 0 aliphatic rings. The molecule has 0 unspecified atom stereocenters. The third-order valence-corrected chi connectivity index (χ3v) is 3.78. The van der Waals surface area contributed by atoms with Gasteiger partial charge in [-0.3, -0.25) is 9.59 Å². The molecule has 0 fully saturated rings. The molecule has 0 aliphatic carbocycles. The van der Waals surface area contributed by atoms with Crippen molar-refractivity contribution in [1.29, 1.82) is 0 Å². The SMILES string of the molecule is COC(=O)/C(C)=N/C(=O)c1cccc(CCCCCC(=O)N(C)C)c1. The average molecular weight is 346 g/mol. The van der Waals surface area contributed by atoms with Crippen LogP contribution in [0.4, 0.5) is 0 Å². The number of rotatable bonds is 8. The summed E-state index contributed by atoms with van der Waals surface area (Å²) in [6, 6.07) is 7.23. The molecule has 0 radical (unpaired) electrons. The van der Waals surface area contributed by atoms with Crippen molar-refractivity contribution in [2.45, 2.75) is 39.0 Å². The smallest absolute Gasteiger partial charge is 0.352 e. The molecule has 2 amide bonds. The van der Waals surface area contributed by atoms with Gasteiger partial charge in [-0.05, 0) is 43.9 Å². The Balaban J connectivity index is 2.54. The first kappa shape index (κ1) is 20.5.